The topological polar surface area (TPSA) is 112 Å². The minimum absolute atomic E-state index is 0.0321. The Morgan fingerprint density at radius 2 is 1.82 bits per heavy atom. The fourth-order valence-electron chi connectivity index (χ4n) is 3.57. The van der Waals surface area contributed by atoms with Gasteiger partial charge in [0, 0.05) is 27.2 Å². The maximum atomic E-state index is 11.9. The maximum Gasteiger partial charge on any atom is 0.410 e. The Balaban J connectivity index is 0.000000267. The Morgan fingerprint density at radius 3 is 2.39 bits per heavy atom. The van der Waals surface area contributed by atoms with E-state index < -0.39 is 17.6 Å². The van der Waals surface area contributed by atoms with Crippen molar-refractivity contribution in [3.8, 4) is 22.9 Å². The molecular formula is C29H36N4O5. The summed E-state index contributed by atoms with van der Waals surface area (Å²) in [5.41, 5.74) is 3.80. The normalized spacial score (nSPS) is 14.3. The van der Waals surface area contributed by atoms with E-state index in [-0.39, 0.29) is 19.0 Å². The first-order valence-electron chi connectivity index (χ1n) is 12.2. The number of carbonyl (C=O) groups is 3. The summed E-state index contributed by atoms with van der Waals surface area (Å²) < 4.78 is 10.2. The zero-order valence-corrected chi connectivity index (χ0v) is 22.9. The quantitative estimate of drug-likeness (QED) is 0.343. The number of nitrogens with zero attached hydrogens (tertiary/aromatic N) is 3. The summed E-state index contributed by atoms with van der Waals surface area (Å²) in [7, 11) is 3.85. The molecule has 0 saturated carbocycles. The molecule has 9 heteroatoms. The van der Waals surface area contributed by atoms with Crippen molar-refractivity contribution in [1.82, 2.24) is 10.2 Å². The van der Waals surface area contributed by atoms with Gasteiger partial charge in [-0.15, -0.1) is 0 Å². The number of nitrogens with one attached hydrogen (secondary N) is 1. The number of ether oxygens (including phenoxy) is 2. The van der Waals surface area contributed by atoms with Gasteiger partial charge in [-0.1, -0.05) is 48.0 Å². The van der Waals surface area contributed by atoms with Crippen LogP contribution in [0.25, 0.3) is 11.1 Å². The third-order valence-corrected chi connectivity index (χ3v) is 5.44. The zero-order valence-electron chi connectivity index (χ0n) is 22.9. The molecule has 0 aliphatic carbocycles. The molecule has 9 nitrogen and oxygen atoms in total. The number of hydrogen-bond acceptors (Lipinski definition) is 7. The van der Waals surface area contributed by atoms with Gasteiger partial charge >= 0.3 is 6.09 Å². The zero-order chi connectivity index (χ0) is 28.3. The molecule has 202 valence electrons. The molecule has 0 bridgehead atoms. The second kappa shape index (κ2) is 13.8. The Morgan fingerprint density at radius 1 is 1.16 bits per heavy atom. The summed E-state index contributed by atoms with van der Waals surface area (Å²) in [4.78, 5) is 37.5. The lowest BCUT2D eigenvalue weighted by Crippen LogP contribution is -2.45. The molecule has 1 aliphatic rings. The van der Waals surface area contributed by atoms with Crippen LogP contribution >= 0.6 is 0 Å². The standard InChI is InChI=1S/C16H17NO2.C13H19N3O3/c1-12-4-6-13(7-5-12)14-8-9-16(19-11-18)15(10-14)17(2)3;1-13(2,3)19-12(18)16-8-4-5-10(9-16)11(17)15-7-6-14/h4-11H,1-3H3;4-5,10H,7-9H2,1-3H3,(H,15,17). The van der Waals surface area contributed by atoms with Crippen molar-refractivity contribution in [2.75, 3.05) is 38.6 Å². The lowest BCUT2D eigenvalue weighted by molar-refractivity contribution is -0.124. The van der Waals surface area contributed by atoms with Crippen LogP contribution in [0, 0.1) is 24.2 Å². The van der Waals surface area contributed by atoms with E-state index in [0.717, 1.165) is 16.8 Å². The van der Waals surface area contributed by atoms with Crippen LogP contribution in [0.4, 0.5) is 10.5 Å². The Hall–Kier alpha value is -4.32. The van der Waals surface area contributed by atoms with Crippen molar-refractivity contribution in [2.45, 2.75) is 33.3 Å². The molecule has 3 rings (SSSR count). The fraction of sp³-hybridized carbons (Fsp3) is 0.379. The number of carbonyl (C=O) groups excluding carboxylic acids is 3. The third kappa shape index (κ3) is 9.28. The molecule has 2 amide bonds. The van der Waals surface area contributed by atoms with Crippen molar-refractivity contribution in [3.63, 3.8) is 0 Å². The molecule has 2 aromatic rings. The van der Waals surface area contributed by atoms with Crippen molar-refractivity contribution in [3.05, 3.63) is 60.2 Å². The van der Waals surface area contributed by atoms with Gasteiger partial charge < -0.3 is 24.6 Å². The highest BCUT2D eigenvalue weighted by molar-refractivity contribution is 5.82. The van der Waals surface area contributed by atoms with Crippen molar-refractivity contribution >= 4 is 24.2 Å². The van der Waals surface area contributed by atoms with Crippen LogP contribution in [-0.4, -0.2) is 62.7 Å². The number of nitriles is 1. The molecule has 0 spiro atoms. The Bertz CT molecular complexity index is 1180. The first-order valence-corrected chi connectivity index (χ1v) is 12.2. The first-order chi connectivity index (χ1) is 17.9. The lowest BCUT2D eigenvalue weighted by Gasteiger charge is -2.30. The van der Waals surface area contributed by atoms with E-state index in [1.165, 1.54) is 10.5 Å². The summed E-state index contributed by atoms with van der Waals surface area (Å²) in [5, 5.41) is 10.9. The third-order valence-electron chi connectivity index (χ3n) is 5.44. The van der Waals surface area contributed by atoms with Gasteiger partial charge in [0.2, 0.25) is 5.91 Å². The number of benzene rings is 2. The van der Waals surface area contributed by atoms with Crippen LogP contribution in [0.5, 0.6) is 5.75 Å². The predicted molar refractivity (Wildman–Crippen MR) is 147 cm³/mol. The number of rotatable bonds is 6. The number of amides is 2. The predicted octanol–water partition coefficient (Wildman–Crippen LogP) is 4.31. The van der Waals surface area contributed by atoms with E-state index in [1.807, 2.05) is 43.3 Å². The highest BCUT2D eigenvalue weighted by Crippen LogP contribution is 2.32. The van der Waals surface area contributed by atoms with Gasteiger partial charge in [0.25, 0.3) is 6.47 Å². The van der Waals surface area contributed by atoms with Crippen LogP contribution in [0.1, 0.15) is 26.3 Å². The molecule has 1 aliphatic heterocycles. The molecule has 0 aromatic heterocycles. The second-order valence-electron chi connectivity index (χ2n) is 9.95. The van der Waals surface area contributed by atoms with Gasteiger partial charge in [0.15, 0.2) is 5.75 Å². The van der Waals surface area contributed by atoms with E-state index in [0.29, 0.717) is 18.8 Å². The average Bonchev–Trinajstić information content (AvgIpc) is 2.87. The summed E-state index contributed by atoms with van der Waals surface area (Å²) in [6.45, 7) is 8.56. The SMILES string of the molecule is CC(C)(C)OC(=O)N1CC=CC(C(=O)NCC#N)C1.Cc1ccc(-c2ccc(OC=O)c(N(C)C)c2)cc1. The van der Waals surface area contributed by atoms with Crippen LogP contribution < -0.4 is 15.0 Å². The van der Waals surface area contributed by atoms with E-state index in [1.54, 1.807) is 32.9 Å². The van der Waals surface area contributed by atoms with Gasteiger partial charge in [-0.05, 0) is 51.0 Å². The minimum Gasteiger partial charge on any atom is -0.444 e. The maximum absolute atomic E-state index is 11.9. The number of anilines is 1. The molecule has 1 unspecified atom stereocenters. The lowest BCUT2D eigenvalue weighted by atomic mass is 10.0. The largest absolute Gasteiger partial charge is 0.444 e. The first kappa shape index (κ1) is 29.9. The summed E-state index contributed by atoms with van der Waals surface area (Å²) in [6, 6.07) is 16.0. The van der Waals surface area contributed by atoms with Crippen LogP contribution in [0.15, 0.2) is 54.6 Å². The minimum atomic E-state index is -0.559. The molecule has 1 heterocycles. The molecule has 0 radical (unpaired) electrons. The van der Waals surface area contributed by atoms with Gasteiger partial charge in [-0.25, -0.2) is 4.79 Å². The highest BCUT2D eigenvalue weighted by Gasteiger charge is 2.28. The summed E-state index contributed by atoms with van der Waals surface area (Å²) >= 11 is 0. The number of aryl methyl sites for hydroxylation is 1. The monoisotopic (exact) mass is 520 g/mol. The summed E-state index contributed by atoms with van der Waals surface area (Å²) in [6.07, 6.45) is 3.06. The van der Waals surface area contributed by atoms with Crippen LogP contribution in [0.3, 0.4) is 0 Å². The van der Waals surface area contributed by atoms with Crippen molar-refractivity contribution in [2.24, 2.45) is 5.92 Å². The molecule has 0 fully saturated rings. The van der Waals surface area contributed by atoms with Gasteiger partial charge in [-0.2, -0.15) is 5.26 Å². The van der Waals surface area contributed by atoms with Gasteiger partial charge in [0.1, 0.15) is 12.1 Å². The Labute approximate surface area is 224 Å². The van der Waals surface area contributed by atoms with Gasteiger partial charge in [-0.3, -0.25) is 9.59 Å². The Kier molecular flexibility index (Phi) is 10.9. The van der Waals surface area contributed by atoms with Crippen LogP contribution in [-0.2, 0) is 14.3 Å². The highest BCUT2D eigenvalue weighted by atomic mass is 16.6. The molecule has 1 atom stereocenters. The van der Waals surface area contributed by atoms with Crippen LogP contribution in [0.2, 0.25) is 0 Å². The molecule has 38 heavy (non-hydrogen) atoms. The van der Waals surface area contributed by atoms with Gasteiger partial charge in [0.05, 0.1) is 17.7 Å². The summed E-state index contributed by atoms with van der Waals surface area (Å²) in [5.74, 6) is -0.128. The van der Waals surface area contributed by atoms with E-state index in [2.05, 4.69) is 36.5 Å². The molecular weight excluding hydrogens is 484 g/mol. The van der Waals surface area contributed by atoms with Crippen molar-refractivity contribution < 1.29 is 23.9 Å². The average molecular weight is 521 g/mol. The van der Waals surface area contributed by atoms with Crippen molar-refractivity contribution in [1.29, 1.82) is 5.26 Å². The van der Waals surface area contributed by atoms with E-state index in [9.17, 15) is 14.4 Å². The second-order valence-corrected chi connectivity index (χ2v) is 9.95. The molecule has 1 N–H and O–H groups in total. The smallest absolute Gasteiger partial charge is 0.410 e. The molecule has 2 aromatic carbocycles. The molecule has 0 saturated heterocycles. The number of hydrogen-bond donors (Lipinski definition) is 1. The fourth-order valence-corrected chi connectivity index (χ4v) is 3.57. The van der Waals surface area contributed by atoms with E-state index in [4.69, 9.17) is 14.7 Å². The van der Waals surface area contributed by atoms with E-state index >= 15 is 0 Å².